The Morgan fingerprint density at radius 1 is 1.20 bits per heavy atom. The second kappa shape index (κ2) is 11.8. The van der Waals surface area contributed by atoms with Gasteiger partial charge in [0.2, 0.25) is 5.88 Å². The number of nitrogens with zero attached hydrogens (tertiary/aromatic N) is 3. The number of hydroxylamine groups is 2. The molecule has 4 rings (SSSR count). The van der Waals surface area contributed by atoms with Crippen LogP contribution in [0, 0.1) is 0 Å². The number of fused-ring (bicyclic) bond motifs is 1. The highest BCUT2D eigenvalue weighted by Crippen LogP contribution is 2.46. The Morgan fingerprint density at radius 3 is 2.41 bits per heavy atom. The Kier molecular flexibility index (Phi) is 8.81. The highest BCUT2D eigenvalue weighted by Gasteiger charge is 2.34. The molecule has 1 aromatic carbocycles. The van der Waals surface area contributed by atoms with E-state index in [1.807, 2.05) is 0 Å². The first-order valence-electron chi connectivity index (χ1n) is 11.6. The minimum Gasteiger partial charge on any atom is -0.493 e. The molecule has 3 heterocycles. The standard InChI is InChI=1S/C23H23N3O11S4/c1-11(18-20(29)25(10-17(27)28)22(39-18)19-21(30)26(31)23(38)40-19)7-16-24(5-4-6-41(32,33)34)12-8-14(35-2)15(36-3)9-13(12)37-16/h7-9,31H,4-6,10H2,1-3H3,(H,27,28)(H,32,33,34)/b16-7?,18-11?,22-19+. The van der Waals surface area contributed by atoms with E-state index in [0.29, 0.717) is 28.5 Å². The Bertz CT molecular complexity index is 1780. The fourth-order valence-corrected chi connectivity index (χ4v) is 6.86. The quantitative estimate of drug-likeness (QED) is 0.195. The Hall–Kier alpha value is -3.42. The number of carboxylic acid groups (broad SMARTS) is 1. The number of benzene rings is 1. The summed E-state index contributed by atoms with van der Waals surface area (Å²) in [4.78, 5) is 38.9. The lowest BCUT2D eigenvalue weighted by Crippen LogP contribution is -2.35. The van der Waals surface area contributed by atoms with E-state index in [9.17, 15) is 37.7 Å². The molecule has 0 atom stereocenters. The topological polar surface area (TPSA) is 185 Å². The van der Waals surface area contributed by atoms with Gasteiger partial charge in [-0.25, -0.2) is 0 Å². The first-order valence-corrected chi connectivity index (χ1v) is 15.2. The number of rotatable bonds is 9. The van der Waals surface area contributed by atoms with Crippen molar-refractivity contribution in [2.45, 2.75) is 19.9 Å². The molecule has 41 heavy (non-hydrogen) atoms. The molecule has 0 bridgehead atoms. The van der Waals surface area contributed by atoms with E-state index in [-0.39, 0.29) is 42.3 Å². The number of carbonyl (C=O) groups excluding carboxylic acids is 1. The number of anilines is 1. The lowest BCUT2D eigenvalue weighted by atomic mass is 10.2. The van der Waals surface area contributed by atoms with Crippen LogP contribution in [0.4, 0.5) is 5.69 Å². The summed E-state index contributed by atoms with van der Waals surface area (Å²) in [5.74, 6) is -1.42. The summed E-state index contributed by atoms with van der Waals surface area (Å²) < 4.78 is 49.4. The molecule has 0 aliphatic carbocycles. The third-order valence-corrected chi connectivity index (χ3v) is 9.43. The molecule has 2 aliphatic heterocycles. The normalized spacial score (nSPS) is 18.1. The zero-order chi connectivity index (χ0) is 30.2. The summed E-state index contributed by atoms with van der Waals surface area (Å²) in [7, 11) is -1.33. The maximum absolute atomic E-state index is 13.4. The van der Waals surface area contributed by atoms with Crippen LogP contribution in [0.2, 0.25) is 0 Å². The molecule has 1 saturated heterocycles. The van der Waals surface area contributed by atoms with Gasteiger partial charge in [0, 0.05) is 24.8 Å². The number of carbonyl (C=O) groups is 2. The molecule has 220 valence electrons. The lowest BCUT2D eigenvalue weighted by Gasteiger charge is -2.18. The molecular weight excluding hydrogens is 623 g/mol. The van der Waals surface area contributed by atoms with Crippen LogP contribution in [0.5, 0.6) is 17.2 Å². The molecule has 1 aromatic heterocycles. The summed E-state index contributed by atoms with van der Waals surface area (Å²) in [6, 6.07) is 3.20. The maximum atomic E-state index is 13.4. The Labute approximate surface area is 246 Å². The van der Waals surface area contributed by atoms with Crippen LogP contribution in [0.1, 0.15) is 13.3 Å². The molecule has 3 N–H and O–H groups in total. The largest absolute Gasteiger partial charge is 0.493 e. The SMILES string of the molecule is COc1cc2c(cc1OC)N(CCCS(=O)(=O)O)C(=CC(C)=c1s/c(=C3/SC(=S)N(O)C3=O)n(CC(=O)O)c1=O)O2. The molecule has 2 aliphatic rings. The average molecular weight is 646 g/mol. The highest BCUT2D eigenvalue weighted by atomic mass is 32.2. The fraction of sp³-hybridized carbons (Fsp3) is 0.304. The van der Waals surface area contributed by atoms with Crippen molar-refractivity contribution in [1.82, 2.24) is 9.63 Å². The first kappa shape index (κ1) is 30.5. The highest BCUT2D eigenvalue weighted by molar-refractivity contribution is 8.30. The van der Waals surface area contributed by atoms with E-state index in [1.54, 1.807) is 24.0 Å². The molecule has 14 nitrogen and oxygen atoms in total. The van der Waals surface area contributed by atoms with E-state index in [0.717, 1.165) is 27.7 Å². The van der Waals surface area contributed by atoms with Gasteiger partial charge in [0.15, 0.2) is 21.6 Å². The van der Waals surface area contributed by atoms with Gasteiger partial charge in [-0.2, -0.15) is 13.5 Å². The smallest absolute Gasteiger partial charge is 0.323 e. The second-order valence-corrected chi connectivity index (χ2v) is 12.8. The molecule has 0 unspecified atom stereocenters. The van der Waals surface area contributed by atoms with Crippen LogP contribution in [-0.4, -0.2) is 75.6 Å². The van der Waals surface area contributed by atoms with Gasteiger partial charge in [0.25, 0.3) is 21.6 Å². The van der Waals surface area contributed by atoms with Crippen molar-refractivity contribution in [3.63, 3.8) is 0 Å². The van der Waals surface area contributed by atoms with E-state index < -0.39 is 39.9 Å². The van der Waals surface area contributed by atoms with Gasteiger partial charge in [-0.05, 0) is 42.9 Å². The van der Waals surface area contributed by atoms with Gasteiger partial charge in [0.05, 0.1) is 30.2 Å². The van der Waals surface area contributed by atoms with Crippen LogP contribution >= 0.6 is 35.3 Å². The Morgan fingerprint density at radius 2 is 1.85 bits per heavy atom. The molecule has 0 saturated carbocycles. The number of ether oxygens (including phenoxy) is 3. The number of hydrogen-bond acceptors (Lipinski definition) is 13. The number of carboxylic acids is 1. The zero-order valence-corrected chi connectivity index (χ0v) is 24.9. The van der Waals surface area contributed by atoms with Crippen LogP contribution in [0.25, 0.3) is 10.5 Å². The van der Waals surface area contributed by atoms with Gasteiger partial charge in [0.1, 0.15) is 16.1 Å². The van der Waals surface area contributed by atoms with Crippen molar-refractivity contribution < 1.29 is 47.1 Å². The van der Waals surface area contributed by atoms with Crippen molar-refractivity contribution in [2.75, 3.05) is 31.4 Å². The summed E-state index contributed by atoms with van der Waals surface area (Å²) >= 11 is 6.52. The number of thiazole rings is 1. The summed E-state index contributed by atoms with van der Waals surface area (Å²) in [6.45, 7) is 0.927. The number of hydrogen-bond donors (Lipinski definition) is 3. The minimum atomic E-state index is -4.23. The molecular formula is C23H23N3O11S4. The molecule has 1 fully saturated rings. The first-order chi connectivity index (χ1) is 19.2. The number of thioether (sulfide) groups is 1. The van der Waals surface area contributed by atoms with Gasteiger partial charge >= 0.3 is 5.97 Å². The molecule has 18 heteroatoms. The van der Waals surface area contributed by atoms with Crippen molar-refractivity contribution in [1.29, 1.82) is 0 Å². The van der Waals surface area contributed by atoms with Gasteiger partial charge in [-0.15, -0.1) is 11.3 Å². The number of aliphatic carboxylic acids is 1. The predicted octanol–water partition coefficient (Wildman–Crippen LogP) is 0.558. The van der Waals surface area contributed by atoms with Crippen molar-refractivity contribution in [2.24, 2.45) is 0 Å². The number of thiocarbonyl (C=S) groups is 1. The maximum Gasteiger partial charge on any atom is 0.323 e. The van der Waals surface area contributed by atoms with Gasteiger partial charge < -0.3 is 24.2 Å². The molecule has 0 radical (unpaired) electrons. The van der Waals surface area contributed by atoms with E-state index in [2.05, 4.69) is 0 Å². The third-order valence-electron chi connectivity index (χ3n) is 5.84. The molecule has 0 spiro atoms. The minimum absolute atomic E-state index is 0.00848. The van der Waals surface area contributed by atoms with Crippen LogP contribution in [-0.2, 0) is 26.3 Å². The summed E-state index contributed by atoms with van der Waals surface area (Å²) in [5, 5.41) is 19.5. The summed E-state index contributed by atoms with van der Waals surface area (Å²) in [6.07, 6.45) is 1.53. The van der Waals surface area contributed by atoms with Crippen molar-refractivity contribution in [3.8, 4) is 17.2 Å². The number of allylic oxidation sites excluding steroid dienone is 1. The van der Waals surface area contributed by atoms with E-state index in [1.165, 1.54) is 20.3 Å². The molecule has 1 amide bonds. The van der Waals surface area contributed by atoms with Gasteiger partial charge in [-0.3, -0.25) is 28.7 Å². The van der Waals surface area contributed by atoms with Crippen molar-refractivity contribution in [3.05, 3.63) is 43.6 Å². The summed E-state index contributed by atoms with van der Waals surface area (Å²) in [5.41, 5.74) is 0.153. The van der Waals surface area contributed by atoms with Crippen LogP contribution < -0.4 is 33.9 Å². The fourth-order valence-electron chi connectivity index (χ4n) is 4.02. The van der Waals surface area contributed by atoms with E-state index in [4.69, 9.17) is 26.4 Å². The third kappa shape index (κ3) is 6.26. The lowest BCUT2D eigenvalue weighted by molar-refractivity contribution is -0.140. The predicted molar refractivity (Wildman–Crippen MR) is 153 cm³/mol. The Balaban J connectivity index is 1.88. The van der Waals surface area contributed by atoms with Crippen LogP contribution in [0.15, 0.2) is 28.9 Å². The number of aromatic nitrogens is 1. The monoisotopic (exact) mass is 645 g/mol. The number of amides is 1. The van der Waals surface area contributed by atoms with Crippen LogP contribution in [0.3, 0.4) is 0 Å². The van der Waals surface area contributed by atoms with E-state index >= 15 is 0 Å². The molecule has 2 aromatic rings. The second-order valence-electron chi connectivity index (χ2n) is 8.57. The zero-order valence-electron chi connectivity index (χ0n) is 21.6. The van der Waals surface area contributed by atoms with Crippen molar-refractivity contribution >= 4 is 77.8 Å². The van der Waals surface area contributed by atoms with Gasteiger partial charge in [-0.1, -0.05) is 0 Å². The number of methoxy groups -OCH3 is 2. The average Bonchev–Trinajstić information content (AvgIpc) is 3.49.